The molecule has 0 aliphatic carbocycles. The average Bonchev–Trinajstić information content (AvgIpc) is 3.86. The molecule has 0 fully saturated rings. The molecule has 0 aliphatic heterocycles. The van der Waals surface area contributed by atoms with Crippen LogP contribution in [0.3, 0.4) is 0 Å². The van der Waals surface area contributed by atoms with E-state index < -0.39 is 0 Å². The van der Waals surface area contributed by atoms with E-state index in [4.69, 9.17) is 9.97 Å². The Bertz CT molecular complexity index is 3320. The minimum atomic E-state index is -0.308. The van der Waals surface area contributed by atoms with Gasteiger partial charge in [-0.1, -0.05) is 126 Å². The van der Waals surface area contributed by atoms with Crippen molar-refractivity contribution >= 4 is 49.1 Å². The number of para-hydroxylation sites is 1. The molecule has 0 saturated heterocycles. The molecule has 6 aromatic carbocycles. The Labute approximate surface area is 345 Å². The minimum absolute atomic E-state index is 0.167. The Morgan fingerprint density at radius 3 is 2.14 bits per heavy atom. The lowest BCUT2D eigenvalue weighted by molar-refractivity contribution is 0.446. The van der Waals surface area contributed by atoms with Gasteiger partial charge in [0.2, 0.25) is 0 Å². The molecule has 290 valence electrons. The number of benzene rings is 6. The van der Waals surface area contributed by atoms with Gasteiger partial charge in [0.15, 0.2) is 0 Å². The lowest BCUT2D eigenvalue weighted by Crippen LogP contribution is -2.17. The number of aryl methyl sites for hydroxylation is 2. The van der Waals surface area contributed by atoms with Crippen LogP contribution in [0.1, 0.15) is 63.8 Å². The SMILES string of the molecule is Cc1ccc(-n2c(-c3cc(C(C)(C)C)cc(C(C)(C)C)c3O)nc3c(-c4cc(C)c5c(c4)c4ncc6ccccc6c4c4cccn45)cccc32)c(-c2ccccc2)c1. The maximum Gasteiger partial charge on any atom is 0.149 e. The van der Waals surface area contributed by atoms with Crippen molar-refractivity contribution in [3.05, 3.63) is 162 Å². The van der Waals surface area contributed by atoms with Crippen LogP contribution in [0.2, 0.25) is 0 Å². The van der Waals surface area contributed by atoms with E-state index in [1.54, 1.807) is 0 Å². The van der Waals surface area contributed by atoms with Crippen molar-refractivity contribution in [3.63, 3.8) is 0 Å². The number of fused-ring (bicyclic) bond motifs is 9. The monoisotopic (exact) mass is 768 g/mol. The second-order valence-corrected chi connectivity index (χ2v) is 18.3. The van der Waals surface area contributed by atoms with Crippen molar-refractivity contribution in [2.24, 2.45) is 0 Å². The lowest BCUT2D eigenvalue weighted by Gasteiger charge is -2.27. The van der Waals surface area contributed by atoms with E-state index in [0.29, 0.717) is 5.82 Å². The van der Waals surface area contributed by atoms with Crippen LogP contribution in [-0.2, 0) is 10.8 Å². The average molecular weight is 769 g/mol. The smallest absolute Gasteiger partial charge is 0.149 e. The van der Waals surface area contributed by atoms with Gasteiger partial charge in [-0.3, -0.25) is 9.55 Å². The molecule has 10 rings (SSSR count). The summed E-state index contributed by atoms with van der Waals surface area (Å²) in [5.41, 5.74) is 15.0. The molecule has 4 aromatic heterocycles. The Morgan fingerprint density at radius 2 is 1.36 bits per heavy atom. The molecule has 0 unspecified atom stereocenters. The second-order valence-electron chi connectivity index (χ2n) is 18.3. The van der Waals surface area contributed by atoms with E-state index in [2.05, 4.69) is 198 Å². The summed E-state index contributed by atoms with van der Waals surface area (Å²) < 4.78 is 4.59. The molecule has 59 heavy (non-hydrogen) atoms. The lowest BCUT2D eigenvalue weighted by atomic mass is 9.79. The first kappa shape index (κ1) is 36.6. The Balaban J connectivity index is 1.32. The molecule has 5 nitrogen and oxygen atoms in total. The van der Waals surface area contributed by atoms with Gasteiger partial charge in [0.1, 0.15) is 11.6 Å². The van der Waals surface area contributed by atoms with E-state index in [1.165, 1.54) is 10.9 Å². The van der Waals surface area contributed by atoms with Gasteiger partial charge in [-0.2, -0.15) is 0 Å². The van der Waals surface area contributed by atoms with Crippen molar-refractivity contribution in [2.45, 2.75) is 66.2 Å². The van der Waals surface area contributed by atoms with Gasteiger partial charge in [0.25, 0.3) is 0 Å². The molecule has 0 spiro atoms. The Hall–Kier alpha value is -6.72. The number of pyridine rings is 2. The Morgan fingerprint density at radius 1 is 0.593 bits per heavy atom. The van der Waals surface area contributed by atoms with Gasteiger partial charge in [0.05, 0.1) is 38.8 Å². The van der Waals surface area contributed by atoms with Gasteiger partial charge in [0, 0.05) is 45.2 Å². The van der Waals surface area contributed by atoms with Gasteiger partial charge in [-0.05, 0) is 101 Å². The van der Waals surface area contributed by atoms with Gasteiger partial charge in [-0.25, -0.2) is 4.98 Å². The van der Waals surface area contributed by atoms with Crippen molar-refractivity contribution < 1.29 is 5.11 Å². The third-order valence-electron chi connectivity index (χ3n) is 12.1. The topological polar surface area (TPSA) is 55.3 Å². The maximum absolute atomic E-state index is 12.4. The molecule has 0 atom stereocenters. The first-order valence-corrected chi connectivity index (χ1v) is 20.6. The van der Waals surface area contributed by atoms with Crippen molar-refractivity contribution in [1.82, 2.24) is 18.9 Å². The number of hydrogen-bond acceptors (Lipinski definition) is 3. The number of aromatic nitrogens is 4. The number of nitrogens with zero attached hydrogens (tertiary/aromatic N) is 4. The Kier molecular flexibility index (Phi) is 8.16. The van der Waals surface area contributed by atoms with Gasteiger partial charge >= 0.3 is 0 Å². The highest BCUT2D eigenvalue weighted by Gasteiger charge is 2.29. The second kappa shape index (κ2) is 13.2. The highest BCUT2D eigenvalue weighted by Crippen LogP contribution is 2.46. The van der Waals surface area contributed by atoms with Crippen LogP contribution in [0.5, 0.6) is 5.75 Å². The minimum Gasteiger partial charge on any atom is -0.507 e. The fraction of sp³-hybridized carbons (Fsp3) is 0.185. The zero-order chi connectivity index (χ0) is 41.0. The van der Waals surface area contributed by atoms with Crippen LogP contribution in [0.15, 0.2) is 140 Å². The largest absolute Gasteiger partial charge is 0.507 e. The molecular formula is C54H48N4O. The van der Waals surface area contributed by atoms with Crippen molar-refractivity contribution in [3.8, 4) is 45.1 Å². The molecular weight excluding hydrogens is 721 g/mol. The van der Waals surface area contributed by atoms with E-state index in [1.807, 2.05) is 6.20 Å². The number of phenolic OH excluding ortho intramolecular Hbond substituents is 1. The van der Waals surface area contributed by atoms with Gasteiger partial charge in [-0.15, -0.1) is 0 Å². The predicted molar refractivity (Wildman–Crippen MR) is 247 cm³/mol. The quantitative estimate of drug-likeness (QED) is 0.181. The molecule has 0 radical (unpaired) electrons. The van der Waals surface area contributed by atoms with Crippen LogP contribution in [-0.4, -0.2) is 24.0 Å². The maximum atomic E-state index is 12.4. The highest BCUT2D eigenvalue weighted by molar-refractivity contribution is 6.21. The summed E-state index contributed by atoms with van der Waals surface area (Å²) in [6.07, 6.45) is 4.17. The highest BCUT2D eigenvalue weighted by atomic mass is 16.3. The van der Waals surface area contributed by atoms with Crippen molar-refractivity contribution in [1.29, 1.82) is 0 Å². The molecule has 5 heteroatoms. The zero-order valence-electron chi connectivity index (χ0n) is 35.0. The van der Waals surface area contributed by atoms with E-state index >= 15 is 0 Å². The molecule has 0 saturated carbocycles. The molecule has 10 aromatic rings. The third kappa shape index (κ3) is 5.82. The van der Waals surface area contributed by atoms with E-state index in [9.17, 15) is 5.11 Å². The molecule has 0 aliphatic rings. The summed E-state index contributed by atoms with van der Waals surface area (Å²) in [4.78, 5) is 10.8. The fourth-order valence-corrected chi connectivity index (χ4v) is 9.10. The number of aromatic hydroxyl groups is 1. The van der Waals surface area contributed by atoms with Crippen LogP contribution >= 0.6 is 0 Å². The van der Waals surface area contributed by atoms with Crippen molar-refractivity contribution in [2.75, 3.05) is 0 Å². The summed E-state index contributed by atoms with van der Waals surface area (Å²) in [5.74, 6) is 0.965. The molecule has 0 bridgehead atoms. The fourth-order valence-electron chi connectivity index (χ4n) is 9.10. The normalized spacial score (nSPS) is 12.5. The number of hydrogen-bond donors (Lipinski definition) is 1. The summed E-state index contributed by atoms with van der Waals surface area (Å²) in [5, 5.41) is 17.0. The predicted octanol–water partition coefficient (Wildman–Crippen LogP) is 14.1. The molecule has 1 N–H and O–H groups in total. The van der Waals surface area contributed by atoms with E-state index in [-0.39, 0.29) is 16.6 Å². The van der Waals surface area contributed by atoms with Crippen LogP contribution in [0.4, 0.5) is 0 Å². The summed E-state index contributed by atoms with van der Waals surface area (Å²) in [6, 6.07) is 45.5. The molecule has 4 heterocycles. The van der Waals surface area contributed by atoms with Crippen LogP contribution in [0, 0.1) is 13.8 Å². The number of imidazole rings is 1. The van der Waals surface area contributed by atoms with Crippen LogP contribution < -0.4 is 0 Å². The van der Waals surface area contributed by atoms with Crippen LogP contribution in [0.25, 0.3) is 88.5 Å². The summed E-state index contributed by atoms with van der Waals surface area (Å²) in [6.45, 7) is 17.5. The summed E-state index contributed by atoms with van der Waals surface area (Å²) in [7, 11) is 0. The first-order chi connectivity index (χ1) is 28.3. The number of phenols is 1. The standard InChI is InChI=1S/C54H48N4O/c1-32-23-24-44(40(26-32)34-16-10-9-11-17-34)58-46-21-14-20-39(48(46)56-52(58)42-29-37(53(3,4)5)30-43(51(42)59)54(6,7)8)36-27-33(2)50-41(28-36)49-47(45-22-15-25-57(45)50)38-19-13-12-18-35(38)31-55-49/h9-31,59H,1-8H3. The number of rotatable bonds is 4. The molecule has 0 amide bonds. The first-order valence-electron chi connectivity index (χ1n) is 20.6. The third-order valence-corrected chi connectivity index (χ3v) is 12.1. The summed E-state index contributed by atoms with van der Waals surface area (Å²) >= 11 is 0. The zero-order valence-corrected chi connectivity index (χ0v) is 35.0. The van der Waals surface area contributed by atoms with Gasteiger partial charge < -0.3 is 9.51 Å². The van der Waals surface area contributed by atoms with E-state index in [0.717, 1.165) is 93.9 Å².